The van der Waals surface area contributed by atoms with E-state index in [1.165, 1.54) is 23.9 Å². The van der Waals surface area contributed by atoms with Crippen molar-refractivity contribution in [1.82, 2.24) is 5.32 Å². The van der Waals surface area contributed by atoms with Gasteiger partial charge in [0, 0.05) is 6.54 Å². The van der Waals surface area contributed by atoms with Gasteiger partial charge in [-0.3, -0.25) is 0 Å². The average Bonchev–Trinajstić information content (AvgIpc) is 2.28. The third kappa shape index (κ3) is 1.53. The van der Waals surface area contributed by atoms with Gasteiger partial charge in [0.15, 0.2) is 0 Å². The van der Waals surface area contributed by atoms with Gasteiger partial charge in [0.05, 0.1) is 0 Å². The van der Waals surface area contributed by atoms with Crippen molar-refractivity contribution in [2.75, 3.05) is 6.54 Å². The lowest BCUT2D eigenvalue weighted by Gasteiger charge is -2.05. The molecule has 0 fully saturated rings. The van der Waals surface area contributed by atoms with Crippen LogP contribution in [0.3, 0.4) is 0 Å². The minimum Gasteiger partial charge on any atom is -0.313 e. The molecule has 0 bridgehead atoms. The van der Waals surface area contributed by atoms with E-state index < -0.39 is 0 Å². The first-order chi connectivity index (χ1) is 5.86. The first-order valence-electron chi connectivity index (χ1n) is 4.65. The molecule has 0 amide bonds. The first-order valence-corrected chi connectivity index (χ1v) is 4.65. The fraction of sp³-hybridized carbons (Fsp3) is 0.400. The molecule has 1 heterocycles. The van der Waals surface area contributed by atoms with Crippen molar-refractivity contribution < 1.29 is 0 Å². The molecule has 0 unspecified atom stereocenters. The number of fused-ring (bicyclic) bond motifs is 1. The van der Waals surface area contributed by atoms with Gasteiger partial charge >= 0.3 is 0 Å². The van der Waals surface area contributed by atoms with Crippen LogP contribution in [0.4, 0.5) is 0 Å². The highest BCUT2D eigenvalue weighted by Gasteiger charge is 2.05. The van der Waals surface area contributed by atoms with E-state index in [1.807, 2.05) is 0 Å². The number of nitrogens with one attached hydrogen (secondary N) is 1. The maximum atomic E-state index is 3.42. The van der Waals surface area contributed by atoms with Gasteiger partial charge in [-0.25, -0.2) is 0 Å². The van der Waals surface area contributed by atoms with Gasteiger partial charge in [0.2, 0.25) is 0 Å². The molecule has 1 aliphatic rings. The SMILES string of the molecule is Bc1ccc2c(c1)CCCNC2. The van der Waals surface area contributed by atoms with Crippen LogP contribution in [-0.4, -0.2) is 14.4 Å². The van der Waals surface area contributed by atoms with Crippen LogP contribution >= 0.6 is 0 Å². The summed E-state index contributed by atoms with van der Waals surface area (Å²) in [5.41, 5.74) is 4.41. The number of hydrogen-bond acceptors (Lipinski definition) is 1. The minimum atomic E-state index is 1.05. The second kappa shape index (κ2) is 3.32. The summed E-state index contributed by atoms with van der Waals surface area (Å²) in [6.07, 6.45) is 2.51. The summed E-state index contributed by atoms with van der Waals surface area (Å²) < 4.78 is 0. The van der Waals surface area contributed by atoms with E-state index in [9.17, 15) is 0 Å². The highest BCUT2D eigenvalue weighted by molar-refractivity contribution is 6.32. The van der Waals surface area contributed by atoms with Gasteiger partial charge in [0.1, 0.15) is 7.85 Å². The second-order valence-electron chi connectivity index (χ2n) is 3.55. The van der Waals surface area contributed by atoms with E-state index in [4.69, 9.17) is 0 Å². The Kier molecular flexibility index (Phi) is 2.18. The van der Waals surface area contributed by atoms with Gasteiger partial charge in [-0.15, -0.1) is 0 Å². The lowest BCUT2D eigenvalue weighted by Crippen LogP contribution is -2.12. The van der Waals surface area contributed by atoms with Crippen molar-refractivity contribution >= 4 is 13.3 Å². The Bertz CT molecular complexity index is 283. The zero-order valence-electron chi connectivity index (χ0n) is 7.56. The summed E-state index contributed by atoms with van der Waals surface area (Å²) in [7, 11) is 2.17. The van der Waals surface area contributed by atoms with Crippen LogP contribution < -0.4 is 10.8 Å². The first kappa shape index (κ1) is 7.87. The standard InChI is InChI=1S/C10H14BN/c11-10-4-3-9-7-12-5-1-2-8(9)6-10/h3-4,6,12H,1-2,5,7,11H2. The maximum Gasteiger partial charge on any atom is 0.139 e. The predicted octanol–water partition coefficient (Wildman–Crippen LogP) is -0.0192. The highest BCUT2D eigenvalue weighted by atomic mass is 14.8. The van der Waals surface area contributed by atoms with Gasteiger partial charge in [-0.1, -0.05) is 23.7 Å². The van der Waals surface area contributed by atoms with Crippen LogP contribution in [-0.2, 0) is 13.0 Å². The van der Waals surface area contributed by atoms with Crippen molar-refractivity contribution in [3.63, 3.8) is 0 Å². The van der Waals surface area contributed by atoms with E-state index in [0.29, 0.717) is 0 Å². The monoisotopic (exact) mass is 159 g/mol. The topological polar surface area (TPSA) is 12.0 Å². The molecule has 1 aliphatic heterocycles. The maximum absolute atomic E-state index is 3.42. The minimum absolute atomic E-state index is 1.05. The highest BCUT2D eigenvalue weighted by Crippen LogP contribution is 2.11. The third-order valence-corrected chi connectivity index (χ3v) is 2.48. The molecule has 0 atom stereocenters. The molecule has 12 heavy (non-hydrogen) atoms. The molecule has 1 nitrogen and oxygen atoms in total. The van der Waals surface area contributed by atoms with Crippen molar-refractivity contribution in [3.05, 3.63) is 29.3 Å². The van der Waals surface area contributed by atoms with Crippen molar-refractivity contribution in [1.29, 1.82) is 0 Å². The molecular weight excluding hydrogens is 145 g/mol. The van der Waals surface area contributed by atoms with E-state index in [-0.39, 0.29) is 0 Å². The molecular formula is C10H14BN. The zero-order chi connectivity index (χ0) is 8.39. The number of aryl methyl sites for hydroxylation is 1. The van der Waals surface area contributed by atoms with E-state index >= 15 is 0 Å². The Balaban J connectivity index is 2.36. The Labute approximate surface area is 74.6 Å². The summed E-state index contributed by atoms with van der Waals surface area (Å²) in [5.74, 6) is 0. The quantitative estimate of drug-likeness (QED) is 0.524. The molecule has 0 saturated heterocycles. The Hall–Kier alpha value is -0.755. The van der Waals surface area contributed by atoms with Crippen LogP contribution in [0.1, 0.15) is 17.5 Å². The molecule has 2 rings (SSSR count). The molecule has 0 radical (unpaired) electrons. The Morgan fingerprint density at radius 1 is 1.25 bits per heavy atom. The third-order valence-electron chi connectivity index (χ3n) is 2.48. The van der Waals surface area contributed by atoms with E-state index in [1.54, 1.807) is 5.56 Å². The van der Waals surface area contributed by atoms with Crippen molar-refractivity contribution in [2.45, 2.75) is 19.4 Å². The molecule has 1 aromatic rings. The lowest BCUT2D eigenvalue weighted by atomic mass is 9.91. The van der Waals surface area contributed by atoms with Crippen LogP contribution in [0.2, 0.25) is 0 Å². The number of benzene rings is 1. The van der Waals surface area contributed by atoms with Gasteiger partial charge in [-0.05, 0) is 30.5 Å². The van der Waals surface area contributed by atoms with Crippen molar-refractivity contribution in [2.24, 2.45) is 0 Å². The normalized spacial score (nSPS) is 16.7. The largest absolute Gasteiger partial charge is 0.313 e. The van der Waals surface area contributed by atoms with E-state index in [0.717, 1.165) is 13.1 Å². The predicted molar refractivity (Wildman–Crippen MR) is 54.6 cm³/mol. The van der Waals surface area contributed by atoms with Crippen LogP contribution in [0.25, 0.3) is 0 Å². The number of hydrogen-bond donors (Lipinski definition) is 1. The molecule has 1 aromatic carbocycles. The molecule has 0 aromatic heterocycles. The summed E-state index contributed by atoms with van der Waals surface area (Å²) >= 11 is 0. The second-order valence-corrected chi connectivity index (χ2v) is 3.55. The smallest absolute Gasteiger partial charge is 0.139 e. The Morgan fingerprint density at radius 3 is 3.08 bits per heavy atom. The lowest BCUT2D eigenvalue weighted by molar-refractivity contribution is 0.681. The summed E-state index contributed by atoms with van der Waals surface area (Å²) in [5, 5.41) is 3.42. The summed E-state index contributed by atoms with van der Waals surface area (Å²) in [6.45, 7) is 2.21. The zero-order valence-corrected chi connectivity index (χ0v) is 7.56. The Morgan fingerprint density at radius 2 is 2.17 bits per heavy atom. The van der Waals surface area contributed by atoms with E-state index in [2.05, 4.69) is 31.4 Å². The summed E-state index contributed by atoms with van der Waals surface area (Å²) in [6, 6.07) is 6.77. The summed E-state index contributed by atoms with van der Waals surface area (Å²) in [4.78, 5) is 0. The van der Waals surface area contributed by atoms with Crippen LogP contribution in [0.15, 0.2) is 18.2 Å². The van der Waals surface area contributed by atoms with Gasteiger partial charge in [0.25, 0.3) is 0 Å². The molecule has 1 N–H and O–H groups in total. The molecule has 62 valence electrons. The fourth-order valence-corrected chi connectivity index (χ4v) is 1.79. The number of rotatable bonds is 0. The van der Waals surface area contributed by atoms with Gasteiger partial charge in [-0.2, -0.15) is 0 Å². The van der Waals surface area contributed by atoms with Crippen LogP contribution in [0, 0.1) is 0 Å². The van der Waals surface area contributed by atoms with Crippen LogP contribution in [0.5, 0.6) is 0 Å². The average molecular weight is 159 g/mol. The molecule has 0 aliphatic carbocycles. The molecule has 0 spiro atoms. The van der Waals surface area contributed by atoms with Gasteiger partial charge < -0.3 is 5.32 Å². The molecule has 2 heteroatoms. The molecule has 0 saturated carbocycles. The van der Waals surface area contributed by atoms with Crippen molar-refractivity contribution in [3.8, 4) is 0 Å². The fourth-order valence-electron chi connectivity index (χ4n) is 1.79.